The number of fused-ring (bicyclic) bond motifs is 1. The Kier molecular flexibility index (Phi) is 6.83. The average molecular weight is 490 g/mol. The van der Waals surface area contributed by atoms with Crippen molar-refractivity contribution < 1.29 is 29.3 Å². The number of hydrogen-bond donors (Lipinski definition) is 2. The number of carboxylic acid groups (broad SMARTS) is 2. The maximum Gasteiger partial charge on any atom is 0.343 e. The summed E-state index contributed by atoms with van der Waals surface area (Å²) in [7, 11) is 0. The number of nitrogens with zero attached hydrogens (tertiary/aromatic N) is 2. The first kappa shape index (κ1) is 23.6. The molecule has 2 aromatic carbocycles. The van der Waals surface area contributed by atoms with Crippen LogP contribution in [0.3, 0.4) is 0 Å². The molecule has 0 spiro atoms. The molecule has 0 saturated carbocycles. The van der Waals surface area contributed by atoms with Crippen LogP contribution in [0.2, 0.25) is 0 Å². The minimum Gasteiger partial charge on any atom is -0.492 e. The highest BCUT2D eigenvalue weighted by atomic mass is 32.1. The van der Waals surface area contributed by atoms with E-state index in [1.165, 1.54) is 18.3 Å². The largest absolute Gasteiger partial charge is 0.492 e. The lowest BCUT2D eigenvalue weighted by atomic mass is 10.1. The summed E-state index contributed by atoms with van der Waals surface area (Å²) in [6.45, 7) is 0.464. The van der Waals surface area contributed by atoms with Crippen LogP contribution in [0.5, 0.6) is 5.75 Å². The summed E-state index contributed by atoms with van der Waals surface area (Å²) in [5.74, 6) is -2.75. The van der Waals surface area contributed by atoms with E-state index in [1.807, 2.05) is 0 Å². The van der Waals surface area contributed by atoms with Gasteiger partial charge in [-0.15, -0.1) is 0 Å². The number of carboxylic acids is 2. The smallest absolute Gasteiger partial charge is 0.343 e. The summed E-state index contributed by atoms with van der Waals surface area (Å²) < 4.78 is 7.95. The van der Waals surface area contributed by atoms with Crippen LogP contribution in [-0.4, -0.2) is 44.1 Å². The summed E-state index contributed by atoms with van der Waals surface area (Å²) in [6.07, 6.45) is 4.14. The van der Waals surface area contributed by atoms with E-state index in [0.717, 1.165) is 17.4 Å². The standard InChI is InChI=1S/C25H18N2O7S/c28-22(17-2-1-9-26-14-17)16-5-8-20-21(13-16)35-25(33)27(20)10-11-34-18-6-3-15(4-7-18)12-19(23(29)30)24(31)32/h1-9,12-14H,10-11H2,(H,29,30)(H,31,32). The maximum atomic E-state index is 12.7. The molecule has 2 aromatic heterocycles. The Hall–Kier alpha value is -4.57. The third-order valence-corrected chi connectivity index (χ3v) is 6.03. The minimum atomic E-state index is -1.53. The lowest BCUT2D eigenvalue weighted by Crippen LogP contribution is -2.17. The number of ketones is 1. The molecule has 0 saturated heterocycles. The molecule has 0 radical (unpaired) electrons. The van der Waals surface area contributed by atoms with Gasteiger partial charge in [-0.1, -0.05) is 23.5 Å². The van der Waals surface area contributed by atoms with Crippen LogP contribution in [0.4, 0.5) is 0 Å². The molecule has 0 unspecified atom stereocenters. The van der Waals surface area contributed by atoms with Crippen molar-refractivity contribution in [1.29, 1.82) is 0 Å². The number of ether oxygens (including phenoxy) is 1. The second-order valence-electron chi connectivity index (χ2n) is 7.36. The second kappa shape index (κ2) is 10.1. The number of aromatic nitrogens is 2. The fourth-order valence-electron chi connectivity index (χ4n) is 3.38. The van der Waals surface area contributed by atoms with E-state index in [2.05, 4.69) is 4.98 Å². The van der Waals surface area contributed by atoms with Gasteiger partial charge in [0.15, 0.2) is 5.78 Å². The molecule has 0 aliphatic heterocycles. The van der Waals surface area contributed by atoms with Crippen LogP contribution in [0.25, 0.3) is 16.3 Å². The molecule has 0 aliphatic carbocycles. The Labute approximate surface area is 202 Å². The highest BCUT2D eigenvalue weighted by Crippen LogP contribution is 2.21. The quantitative estimate of drug-likeness (QED) is 0.158. The zero-order chi connectivity index (χ0) is 24.9. The van der Waals surface area contributed by atoms with E-state index in [9.17, 15) is 19.2 Å². The number of thiazole rings is 1. The van der Waals surface area contributed by atoms with E-state index in [4.69, 9.17) is 14.9 Å². The van der Waals surface area contributed by atoms with E-state index < -0.39 is 17.5 Å². The molecule has 2 heterocycles. The van der Waals surface area contributed by atoms with E-state index in [1.54, 1.807) is 53.2 Å². The Balaban J connectivity index is 1.44. The molecule has 0 atom stereocenters. The number of hydrogen-bond acceptors (Lipinski definition) is 7. The number of rotatable bonds is 9. The van der Waals surface area contributed by atoms with Crippen molar-refractivity contribution in [2.24, 2.45) is 0 Å². The molecule has 2 N–H and O–H groups in total. The Bertz CT molecular complexity index is 1490. The average Bonchev–Trinajstić information content (AvgIpc) is 3.17. The topological polar surface area (TPSA) is 136 Å². The van der Waals surface area contributed by atoms with Crippen LogP contribution in [-0.2, 0) is 16.1 Å². The minimum absolute atomic E-state index is 0.173. The van der Waals surface area contributed by atoms with Gasteiger partial charge in [0.05, 0.1) is 16.8 Å². The molecular formula is C25H18N2O7S. The third-order valence-electron chi connectivity index (χ3n) is 5.09. The molecule has 10 heteroatoms. The van der Waals surface area contributed by atoms with Crippen molar-refractivity contribution in [2.45, 2.75) is 6.54 Å². The van der Waals surface area contributed by atoms with Crippen molar-refractivity contribution in [2.75, 3.05) is 6.61 Å². The summed E-state index contributed by atoms with van der Waals surface area (Å²) >= 11 is 1.05. The van der Waals surface area contributed by atoms with Crippen molar-refractivity contribution in [3.05, 3.63) is 98.9 Å². The molecule has 9 nitrogen and oxygen atoms in total. The third kappa shape index (κ3) is 5.33. The predicted octanol–water partition coefficient (Wildman–Crippen LogP) is 3.32. The van der Waals surface area contributed by atoms with Crippen LogP contribution in [0.15, 0.2) is 77.4 Å². The SMILES string of the molecule is O=C(O)C(=Cc1ccc(OCCn2c(=O)sc3cc(C(=O)c4cccnc4)ccc32)cc1)C(=O)O. The fourth-order valence-corrected chi connectivity index (χ4v) is 4.34. The van der Waals surface area contributed by atoms with Gasteiger partial charge in [-0.2, -0.15) is 0 Å². The number of pyridine rings is 1. The van der Waals surface area contributed by atoms with E-state index in [0.29, 0.717) is 32.7 Å². The molecule has 176 valence electrons. The van der Waals surface area contributed by atoms with E-state index >= 15 is 0 Å². The second-order valence-corrected chi connectivity index (χ2v) is 8.35. The van der Waals surface area contributed by atoms with Gasteiger partial charge in [-0.05, 0) is 54.1 Å². The lowest BCUT2D eigenvalue weighted by molar-refractivity contribution is -0.140. The first-order chi connectivity index (χ1) is 16.8. The predicted molar refractivity (Wildman–Crippen MR) is 129 cm³/mol. The van der Waals surface area contributed by atoms with Crippen molar-refractivity contribution in [3.8, 4) is 5.75 Å². The number of benzene rings is 2. The molecule has 0 fully saturated rings. The highest BCUT2D eigenvalue weighted by Gasteiger charge is 2.16. The van der Waals surface area contributed by atoms with Gasteiger partial charge in [0, 0.05) is 23.5 Å². The van der Waals surface area contributed by atoms with Gasteiger partial charge in [0.2, 0.25) is 0 Å². The summed E-state index contributed by atoms with van der Waals surface area (Å²) in [5, 5.41) is 17.9. The Morgan fingerprint density at radius 1 is 1.00 bits per heavy atom. The highest BCUT2D eigenvalue weighted by molar-refractivity contribution is 7.16. The van der Waals surface area contributed by atoms with Gasteiger partial charge in [0.25, 0.3) is 0 Å². The lowest BCUT2D eigenvalue weighted by Gasteiger charge is -2.08. The molecular weight excluding hydrogens is 472 g/mol. The fraction of sp³-hybridized carbons (Fsp3) is 0.0800. The van der Waals surface area contributed by atoms with Crippen molar-refractivity contribution >= 4 is 45.4 Å². The van der Waals surface area contributed by atoms with Gasteiger partial charge >= 0.3 is 16.8 Å². The maximum absolute atomic E-state index is 12.7. The van der Waals surface area contributed by atoms with Crippen LogP contribution >= 0.6 is 11.3 Å². The number of carbonyl (C=O) groups is 3. The van der Waals surface area contributed by atoms with Crippen LogP contribution in [0.1, 0.15) is 21.5 Å². The van der Waals surface area contributed by atoms with E-state index in [-0.39, 0.29) is 23.8 Å². The molecule has 4 aromatic rings. The summed E-state index contributed by atoms with van der Waals surface area (Å²) in [5.41, 5.74) is 1.29. The zero-order valence-corrected chi connectivity index (χ0v) is 18.9. The van der Waals surface area contributed by atoms with Gasteiger partial charge < -0.3 is 14.9 Å². The van der Waals surface area contributed by atoms with Crippen molar-refractivity contribution in [3.63, 3.8) is 0 Å². The van der Waals surface area contributed by atoms with Crippen molar-refractivity contribution in [1.82, 2.24) is 9.55 Å². The van der Waals surface area contributed by atoms with Gasteiger partial charge in [0.1, 0.15) is 17.9 Å². The first-order valence-corrected chi connectivity index (χ1v) is 11.1. The monoisotopic (exact) mass is 490 g/mol. The van der Waals surface area contributed by atoms with Gasteiger partial charge in [-0.25, -0.2) is 9.59 Å². The molecule has 0 amide bonds. The molecule has 0 bridgehead atoms. The normalized spacial score (nSPS) is 10.6. The van der Waals surface area contributed by atoms with Crippen LogP contribution in [0, 0.1) is 0 Å². The molecule has 35 heavy (non-hydrogen) atoms. The number of aliphatic carboxylic acids is 2. The van der Waals surface area contributed by atoms with Gasteiger partial charge in [-0.3, -0.25) is 19.1 Å². The van der Waals surface area contributed by atoms with Crippen LogP contribution < -0.4 is 9.61 Å². The molecule has 0 aliphatic rings. The first-order valence-electron chi connectivity index (χ1n) is 10.3. The Morgan fingerprint density at radius 3 is 2.40 bits per heavy atom. The summed E-state index contributed by atoms with van der Waals surface area (Å²) in [4.78, 5) is 50.9. The zero-order valence-electron chi connectivity index (χ0n) is 18.1. The number of carbonyl (C=O) groups excluding carboxylic acids is 1. The molecule has 4 rings (SSSR count). The summed E-state index contributed by atoms with van der Waals surface area (Å²) in [6, 6.07) is 14.7. The Morgan fingerprint density at radius 2 is 1.74 bits per heavy atom.